The van der Waals surface area contributed by atoms with Crippen LogP contribution >= 0.6 is 0 Å². The molecule has 6 nitrogen and oxygen atoms in total. The number of carbonyl (C=O) groups is 1. The average molecular weight is 370 g/mol. The van der Waals surface area contributed by atoms with Gasteiger partial charge in [0.15, 0.2) is 28.8 Å². The van der Waals surface area contributed by atoms with Crippen LogP contribution in [0.3, 0.4) is 0 Å². The van der Waals surface area contributed by atoms with E-state index in [0.29, 0.717) is 23.5 Å². The van der Waals surface area contributed by atoms with E-state index in [1.165, 1.54) is 32.4 Å². The van der Waals surface area contributed by atoms with Crippen LogP contribution < -0.4 is 9.47 Å². The van der Waals surface area contributed by atoms with E-state index in [2.05, 4.69) is 0 Å². The highest BCUT2D eigenvalue weighted by Crippen LogP contribution is 2.27. The van der Waals surface area contributed by atoms with Crippen LogP contribution in [0.15, 0.2) is 54.3 Å². The summed E-state index contributed by atoms with van der Waals surface area (Å²) in [6.45, 7) is 0. The first-order chi connectivity index (χ1) is 12.9. The van der Waals surface area contributed by atoms with Gasteiger partial charge in [0.1, 0.15) is 5.76 Å². The van der Waals surface area contributed by atoms with E-state index in [-0.39, 0.29) is 29.5 Å². The van der Waals surface area contributed by atoms with Gasteiger partial charge in [-0.15, -0.1) is 0 Å². The van der Waals surface area contributed by atoms with Crippen LogP contribution in [-0.2, 0) is 11.2 Å². The van der Waals surface area contributed by atoms with Gasteiger partial charge in [-0.1, -0.05) is 18.2 Å². The lowest BCUT2D eigenvalue weighted by molar-refractivity contribution is -0.114. The Morgan fingerprint density at radius 2 is 1.63 bits per heavy atom. The predicted molar refractivity (Wildman–Crippen MR) is 102 cm³/mol. The van der Waals surface area contributed by atoms with Crippen LogP contribution in [-0.4, -0.2) is 35.3 Å². The molecule has 0 aliphatic carbocycles. The molecule has 0 saturated carbocycles. The van der Waals surface area contributed by atoms with Gasteiger partial charge in [0.2, 0.25) is 0 Å². The summed E-state index contributed by atoms with van der Waals surface area (Å²) in [6, 6.07) is 9.65. The number of carbonyl (C=O) groups excluding carboxylic acids is 1. The van der Waals surface area contributed by atoms with Crippen LogP contribution in [0, 0.1) is 0 Å². The Bertz CT molecular complexity index is 867. The lowest BCUT2D eigenvalue weighted by Crippen LogP contribution is -1.98. The van der Waals surface area contributed by atoms with Crippen LogP contribution in [0.5, 0.6) is 23.0 Å². The molecule has 0 atom stereocenters. The van der Waals surface area contributed by atoms with E-state index in [1.807, 2.05) is 0 Å². The number of rotatable bonds is 8. The molecule has 0 aliphatic rings. The van der Waals surface area contributed by atoms with Crippen molar-refractivity contribution in [2.24, 2.45) is 0 Å². The number of ketones is 1. The van der Waals surface area contributed by atoms with Gasteiger partial charge >= 0.3 is 0 Å². The maximum atomic E-state index is 12.0. The molecule has 6 heteroatoms. The zero-order valence-electron chi connectivity index (χ0n) is 15.2. The Kier molecular flexibility index (Phi) is 6.88. The van der Waals surface area contributed by atoms with Crippen molar-refractivity contribution in [2.45, 2.75) is 12.8 Å². The highest BCUT2D eigenvalue weighted by Gasteiger charge is 2.06. The van der Waals surface area contributed by atoms with Gasteiger partial charge in [0.05, 0.1) is 14.2 Å². The van der Waals surface area contributed by atoms with Gasteiger partial charge in [0, 0.05) is 12.5 Å². The summed E-state index contributed by atoms with van der Waals surface area (Å²) in [5.74, 6) is 0.339. The molecular formula is C21H22O6. The normalized spacial score (nSPS) is 11.6. The molecule has 0 bridgehead atoms. The number of aryl methyl sites for hydroxylation is 1. The second-order valence-electron chi connectivity index (χ2n) is 5.81. The third kappa shape index (κ3) is 5.81. The Labute approximate surface area is 157 Å². The lowest BCUT2D eigenvalue weighted by Gasteiger charge is -2.05. The zero-order valence-corrected chi connectivity index (χ0v) is 15.2. The van der Waals surface area contributed by atoms with Crippen molar-refractivity contribution in [1.82, 2.24) is 0 Å². The molecule has 2 aromatic carbocycles. The number of aromatic hydroxyl groups is 2. The van der Waals surface area contributed by atoms with Gasteiger partial charge < -0.3 is 24.8 Å². The topological polar surface area (TPSA) is 96.2 Å². The number of allylic oxidation sites excluding steroid dienone is 2. The van der Waals surface area contributed by atoms with Gasteiger partial charge in [0.25, 0.3) is 0 Å². The molecule has 0 saturated heterocycles. The van der Waals surface area contributed by atoms with Crippen molar-refractivity contribution < 1.29 is 29.6 Å². The minimum atomic E-state index is -0.229. The van der Waals surface area contributed by atoms with Crippen molar-refractivity contribution in [3.05, 3.63) is 65.4 Å². The average Bonchev–Trinajstić information content (AvgIpc) is 2.66. The van der Waals surface area contributed by atoms with Crippen molar-refractivity contribution >= 4 is 11.9 Å². The van der Waals surface area contributed by atoms with Crippen molar-refractivity contribution in [3.8, 4) is 23.0 Å². The SMILES string of the molecule is COc1cc(/C=C\C(O)=C\C(=O)CCc2ccc(O)c(OC)c2)ccc1O. The van der Waals surface area contributed by atoms with E-state index in [4.69, 9.17) is 9.47 Å². The number of aliphatic hydroxyl groups is 1. The van der Waals surface area contributed by atoms with E-state index >= 15 is 0 Å². The molecule has 0 aromatic heterocycles. The maximum Gasteiger partial charge on any atom is 0.161 e. The molecule has 0 amide bonds. The molecule has 0 aliphatic heterocycles. The fourth-order valence-corrected chi connectivity index (χ4v) is 2.41. The quantitative estimate of drug-likeness (QED) is 0.372. The Hall–Kier alpha value is -3.41. The first kappa shape index (κ1) is 19.9. The summed E-state index contributed by atoms with van der Waals surface area (Å²) in [7, 11) is 2.91. The fourth-order valence-electron chi connectivity index (χ4n) is 2.41. The van der Waals surface area contributed by atoms with E-state index < -0.39 is 0 Å². The Balaban J connectivity index is 1.96. The second-order valence-corrected chi connectivity index (χ2v) is 5.81. The molecule has 0 heterocycles. The molecule has 2 rings (SSSR count). The van der Waals surface area contributed by atoms with Crippen LogP contribution in [0.2, 0.25) is 0 Å². The summed E-state index contributed by atoms with van der Waals surface area (Å²) in [5.41, 5.74) is 1.55. The smallest absolute Gasteiger partial charge is 0.161 e. The van der Waals surface area contributed by atoms with E-state index in [9.17, 15) is 20.1 Å². The standard InChI is InChI=1S/C21H22O6/c1-26-20-11-14(5-9-18(20)24)3-7-16(22)13-17(23)8-4-15-6-10-19(25)21(12-15)27-2/h3,5-7,9-13,22,24-25H,4,8H2,1-2H3/b7-3-,16-13-. The molecular weight excluding hydrogens is 348 g/mol. The number of aliphatic hydroxyl groups excluding tert-OH is 1. The predicted octanol–water partition coefficient (Wildman–Crippen LogP) is 3.77. The van der Waals surface area contributed by atoms with Crippen molar-refractivity contribution in [3.63, 3.8) is 0 Å². The number of phenolic OH excluding ortho intramolecular Hbond substituents is 2. The van der Waals surface area contributed by atoms with E-state index in [1.54, 1.807) is 30.3 Å². The molecule has 27 heavy (non-hydrogen) atoms. The summed E-state index contributed by atoms with van der Waals surface area (Å²) in [4.78, 5) is 12.0. The molecule has 0 unspecified atom stereocenters. The van der Waals surface area contributed by atoms with Crippen molar-refractivity contribution in [1.29, 1.82) is 0 Å². The van der Waals surface area contributed by atoms with Crippen LogP contribution in [0.1, 0.15) is 17.5 Å². The van der Waals surface area contributed by atoms with Gasteiger partial charge in [-0.3, -0.25) is 4.79 Å². The number of hydrogen-bond donors (Lipinski definition) is 3. The zero-order chi connectivity index (χ0) is 19.8. The maximum absolute atomic E-state index is 12.0. The summed E-state index contributed by atoms with van der Waals surface area (Å²) >= 11 is 0. The van der Waals surface area contributed by atoms with Gasteiger partial charge in [-0.05, 0) is 47.9 Å². The Morgan fingerprint density at radius 1 is 1.00 bits per heavy atom. The summed E-state index contributed by atoms with van der Waals surface area (Å²) < 4.78 is 10.0. The minimum absolute atomic E-state index is 0.0236. The fraction of sp³-hybridized carbons (Fsp3) is 0.190. The number of methoxy groups -OCH3 is 2. The number of phenols is 2. The highest BCUT2D eigenvalue weighted by atomic mass is 16.5. The molecule has 142 valence electrons. The van der Waals surface area contributed by atoms with E-state index in [0.717, 1.165) is 11.6 Å². The first-order valence-corrected chi connectivity index (χ1v) is 8.27. The molecule has 0 spiro atoms. The molecule has 0 radical (unpaired) electrons. The van der Waals surface area contributed by atoms with Crippen LogP contribution in [0.4, 0.5) is 0 Å². The van der Waals surface area contributed by atoms with Crippen molar-refractivity contribution in [2.75, 3.05) is 14.2 Å². The highest BCUT2D eigenvalue weighted by molar-refractivity contribution is 5.90. The van der Waals surface area contributed by atoms with Crippen LogP contribution in [0.25, 0.3) is 6.08 Å². The third-order valence-electron chi connectivity index (χ3n) is 3.86. The number of hydrogen-bond acceptors (Lipinski definition) is 6. The minimum Gasteiger partial charge on any atom is -0.508 e. The lowest BCUT2D eigenvalue weighted by atomic mass is 10.1. The molecule has 0 fully saturated rings. The van der Waals surface area contributed by atoms with Gasteiger partial charge in [-0.25, -0.2) is 0 Å². The Morgan fingerprint density at radius 3 is 2.30 bits per heavy atom. The molecule has 2 aromatic rings. The monoisotopic (exact) mass is 370 g/mol. The first-order valence-electron chi connectivity index (χ1n) is 8.27. The van der Waals surface area contributed by atoms with Gasteiger partial charge in [-0.2, -0.15) is 0 Å². The summed E-state index contributed by atoms with van der Waals surface area (Å²) in [5, 5.41) is 29.0. The largest absolute Gasteiger partial charge is 0.508 e. The number of benzene rings is 2. The third-order valence-corrected chi connectivity index (χ3v) is 3.86. The second kappa shape index (κ2) is 9.33. The summed E-state index contributed by atoms with van der Waals surface area (Å²) in [6.07, 6.45) is 4.82. The molecule has 3 N–H and O–H groups in total. The number of ether oxygens (including phenoxy) is 2.